The van der Waals surface area contributed by atoms with Crippen molar-refractivity contribution in [2.45, 2.75) is 24.8 Å². The first-order valence-electron chi connectivity index (χ1n) is 9.70. The highest BCUT2D eigenvalue weighted by Gasteiger charge is 2.32. The summed E-state index contributed by atoms with van der Waals surface area (Å²) in [6, 6.07) is 15.7. The molecule has 2 amide bonds. The highest BCUT2D eigenvalue weighted by molar-refractivity contribution is 5.86. The molecule has 6 heteroatoms. The number of amides is 2. The van der Waals surface area contributed by atoms with Crippen LogP contribution < -0.4 is 5.32 Å². The first kappa shape index (κ1) is 18.5. The number of fused-ring (bicyclic) bond motifs is 3. The summed E-state index contributed by atoms with van der Waals surface area (Å²) in [5.74, 6) is -0.167. The number of alkyl carbamates (subject to hydrolysis) is 1. The van der Waals surface area contributed by atoms with E-state index in [0.29, 0.717) is 19.5 Å². The zero-order valence-corrected chi connectivity index (χ0v) is 15.6. The normalized spacial score (nSPS) is 18.5. The number of β-amino-alcohol motifs (C(OH)–C–C–N with tert-alkyl or cyclic N) is 1. The number of nitrogens with zero attached hydrogens (tertiary/aromatic N) is 1. The number of hydrogen-bond donors (Lipinski definition) is 2. The molecule has 1 saturated heterocycles. The number of piperidine rings is 1. The van der Waals surface area contributed by atoms with Crippen molar-refractivity contribution in [3.8, 4) is 11.1 Å². The average molecular weight is 380 g/mol. The van der Waals surface area contributed by atoms with Crippen LogP contribution in [0, 0.1) is 0 Å². The van der Waals surface area contributed by atoms with Crippen LogP contribution >= 0.6 is 0 Å². The van der Waals surface area contributed by atoms with Crippen molar-refractivity contribution in [1.82, 2.24) is 10.2 Å². The molecular formula is C22H24N2O4. The summed E-state index contributed by atoms with van der Waals surface area (Å²) in [4.78, 5) is 26.3. The van der Waals surface area contributed by atoms with E-state index >= 15 is 0 Å². The fourth-order valence-electron chi connectivity index (χ4n) is 4.20. The molecule has 6 nitrogen and oxygen atoms in total. The van der Waals surface area contributed by atoms with Gasteiger partial charge in [0.2, 0.25) is 5.91 Å². The third-order valence-corrected chi connectivity index (χ3v) is 5.54. The van der Waals surface area contributed by atoms with Gasteiger partial charge in [-0.15, -0.1) is 0 Å². The Kier molecular flexibility index (Phi) is 5.30. The number of hydrogen-bond acceptors (Lipinski definition) is 4. The minimum atomic E-state index is -0.587. The van der Waals surface area contributed by atoms with E-state index in [1.807, 2.05) is 24.3 Å². The highest BCUT2D eigenvalue weighted by Crippen LogP contribution is 2.44. The fraction of sp³-hybridized carbons (Fsp3) is 0.364. The first-order valence-corrected chi connectivity index (χ1v) is 9.70. The van der Waals surface area contributed by atoms with Crippen LogP contribution in [0.15, 0.2) is 48.5 Å². The van der Waals surface area contributed by atoms with Crippen LogP contribution in [0.3, 0.4) is 0 Å². The van der Waals surface area contributed by atoms with Crippen molar-refractivity contribution in [1.29, 1.82) is 0 Å². The third kappa shape index (κ3) is 3.47. The van der Waals surface area contributed by atoms with Crippen molar-refractivity contribution < 1.29 is 19.4 Å². The van der Waals surface area contributed by atoms with Crippen LogP contribution in [0.1, 0.15) is 29.9 Å². The van der Waals surface area contributed by atoms with Gasteiger partial charge in [0.15, 0.2) is 0 Å². The van der Waals surface area contributed by atoms with E-state index in [-0.39, 0.29) is 25.0 Å². The lowest BCUT2D eigenvalue weighted by atomic mass is 9.98. The largest absolute Gasteiger partial charge is 0.449 e. The van der Waals surface area contributed by atoms with E-state index < -0.39 is 12.1 Å². The predicted molar refractivity (Wildman–Crippen MR) is 105 cm³/mol. The van der Waals surface area contributed by atoms with Gasteiger partial charge >= 0.3 is 6.09 Å². The van der Waals surface area contributed by atoms with Gasteiger partial charge in [0.05, 0.1) is 6.61 Å². The minimum absolute atomic E-state index is 0.00825. The number of ether oxygens (including phenoxy) is 1. The molecule has 4 rings (SSSR count). The van der Waals surface area contributed by atoms with Gasteiger partial charge in [0.1, 0.15) is 12.6 Å². The molecule has 28 heavy (non-hydrogen) atoms. The zero-order valence-electron chi connectivity index (χ0n) is 15.6. The standard InChI is InChI=1S/C22H24N2O4/c25-13-12-24-11-5-10-20(21(24)26)23-22(27)28-14-19-17-8-3-1-6-15(17)16-7-2-4-9-18(16)19/h1-4,6-9,19-20,25H,5,10-14H2,(H,23,27). The predicted octanol–water partition coefficient (Wildman–Crippen LogP) is 2.51. The molecule has 0 radical (unpaired) electrons. The lowest BCUT2D eigenvalue weighted by molar-refractivity contribution is -0.136. The molecule has 2 aliphatic rings. The summed E-state index contributed by atoms with van der Waals surface area (Å²) >= 11 is 0. The van der Waals surface area contributed by atoms with E-state index in [4.69, 9.17) is 9.84 Å². The maximum absolute atomic E-state index is 12.4. The van der Waals surface area contributed by atoms with Gasteiger partial charge in [0.25, 0.3) is 0 Å². The molecule has 1 aliphatic heterocycles. The molecule has 146 valence electrons. The molecule has 0 aromatic heterocycles. The lowest BCUT2D eigenvalue weighted by Crippen LogP contribution is -2.53. The number of likely N-dealkylation sites (tertiary alicyclic amines) is 1. The molecule has 1 unspecified atom stereocenters. The average Bonchev–Trinajstić information content (AvgIpc) is 3.03. The molecule has 2 aromatic rings. The summed E-state index contributed by atoms with van der Waals surface area (Å²) < 4.78 is 5.52. The second-order valence-corrected chi connectivity index (χ2v) is 7.21. The second-order valence-electron chi connectivity index (χ2n) is 7.21. The third-order valence-electron chi connectivity index (χ3n) is 5.54. The lowest BCUT2D eigenvalue weighted by Gasteiger charge is -2.32. The molecule has 0 saturated carbocycles. The topological polar surface area (TPSA) is 78.9 Å². The quantitative estimate of drug-likeness (QED) is 0.835. The number of nitrogens with one attached hydrogen (secondary N) is 1. The van der Waals surface area contributed by atoms with Gasteiger partial charge in [0, 0.05) is 19.0 Å². The van der Waals surface area contributed by atoms with Gasteiger partial charge in [-0.05, 0) is 35.1 Å². The number of aliphatic hydroxyl groups excluding tert-OH is 1. The van der Waals surface area contributed by atoms with E-state index in [1.165, 1.54) is 11.1 Å². The zero-order chi connectivity index (χ0) is 19.5. The number of aliphatic hydroxyl groups is 1. The molecule has 1 aliphatic carbocycles. The maximum atomic E-state index is 12.4. The monoisotopic (exact) mass is 380 g/mol. The van der Waals surface area contributed by atoms with Crippen LogP contribution in [0.2, 0.25) is 0 Å². The van der Waals surface area contributed by atoms with Gasteiger partial charge in [-0.2, -0.15) is 0 Å². The molecule has 1 fully saturated rings. The molecule has 2 N–H and O–H groups in total. The molecule has 0 spiro atoms. The van der Waals surface area contributed by atoms with Crippen LogP contribution in [-0.4, -0.2) is 54.4 Å². The molecule has 1 heterocycles. The maximum Gasteiger partial charge on any atom is 0.407 e. The molecular weight excluding hydrogens is 356 g/mol. The van der Waals surface area contributed by atoms with E-state index in [0.717, 1.165) is 17.5 Å². The second kappa shape index (κ2) is 8.02. The Bertz CT molecular complexity index is 835. The van der Waals surface area contributed by atoms with Gasteiger partial charge in [-0.3, -0.25) is 4.79 Å². The Labute approximate surface area is 164 Å². The Balaban J connectivity index is 1.41. The Hall–Kier alpha value is -2.86. The van der Waals surface area contributed by atoms with Crippen LogP contribution in [0.4, 0.5) is 4.79 Å². The van der Waals surface area contributed by atoms with E-state index in [2.05, 4.69) is 29.6 Å². The SMILES string of the molecule is O=C(NC1CCCN(CCO)C1=O)OCC1c2ccccc2-c2ccccc21. The van der Waals surface area contributed by atoms with Gasteiger partial charge in [-0.25, -0.2) is 4.79 Å². The van der Waals surface area contributed by atoms with Crippen LogP contribution in [-0.2, 0) is 9.53 Å². The summed E-state index contributed by atoms with van der Waals surface area (Å²) in [7, 11) is 0. The van der Waals surface area contributed by atoms with Crippen molar-refractivity contribution in [3.05, 3.63) is 59.7 Å². The number of carbonyl (C=O) groups excluding carboxylic acids is 2. The Morgan fingerprint density at radius 2 is 1.75 bits per heavy atom. The smallest absolute Gasteiger partial charge is 0.407 e. The van der Waals surface area contributed by atoms with E-state index in [1.54, 1.807) is 4.90 Å². The summed E-state index contributed by atoms with van der Waals surface area (Å²) in [6.07, 6.45) is 0.802. The molecule has 1 atom stereocenters. The summed E-state index contributed by atoms with van der Waals surface area (Å²) in [5.41, 5.74) is 4.65. The number of carbonyl (C=O) groups is 2. The van der Waals surface area contributed by atoms with Crippen molar-refractivity contribution in [3.63, 3.8) is 0 Å². The fourth-order valence-corrected chi connectivity index (χ4v) is 4.20. The van der Waals surface area contributed by atoms with Crippen molar-refractivity contribution in [2.24, 2.45) is 0 Å². The Morgan fingerprint density at radius 3 is 2.39 bits per heavy atom. The number of benzene rings is 2. The summed E-state index contributed by atoms with van der Waals surface area (Å²) in [5, 5.41) is 11.8. The van der Waals surface area contributed by atoms with Gasteiger partial charge in [-0.1, -0.05) is 48.5 Å². The van der Waals surface area contributed by atoms with Crippen molar-refractivity contribution in [2.75, 3.05) is 26.3 Å². The van der Waals surface area contributed by atoms with Crippen LogP contribution in [0.5, 0.6) is 0 Å². The van der Waals surface area contributed by atoms with Gasteiger partial charge < -0.3 is 20.1 Å². The molecule has 2 aromatic carbocycles. The molecule has 0 bridgehead atoms. The Morgan fingerprint density at radius 1 is 1.11 bits per heavy atom. The highest BCUT2D eigenvalue weighted by atomic mass is 16.5. The van der Waals surface area contributed by atoms with Crippen LogP contribution in [0.25, 0.3) is 11.1 Å². The van der Waals surface area contributed by atoms with E-state index in [9.17, 15) is 9.59 Å². The van der Waals surface area contributed by atoms with Crippen molar-refractivity contribution >= 4 is 12.0 Å². The number of rotatable bonds is 5. The minimum Gasteiger partial charge on any atom is -0.449 e. The summed E-state index contributed by atoms with van der Waals surface area (Å²) in [6.45, 7) is 1.05. The first-order chi connectivity index (χ1) is 13.7.